The van der Waals surface area contributed by atoms with Crippen LogP contribution >= 0.6 is 34.5 Å². The van der Waals surface area contributed by atoms with E-state index < -0.39 is 0 Å². The summed E-state index contributed by atoms with van der Waals surface area (Å²) in [7, 11) is 0. The highest BCUT2D eigenvalue weighted by Crippen LogP contribution is 2.38. The Morgan fingerprint density at radius 2 is 1.84 bits per heavy atom. The monoisotopic (exact) mass is 315 g/mol. The van der Waals surface area contributed by atoms with Crippen molar-refractivity contribution in [3.05, 3.63) is 38.5 Å². The normalized spacial score (nSPS) is 13.4. The summed E-state index contributed by atoms with van der Waals surface area (Å²) in [6.07, 6.45) is 0. The quantitative estimate of drug-likeness (QED) is 0.908. The van der Waals surface area contributed by atoms with Crippen molar-refractivity contribution in [3.63, 3.8) is 0 Å². The fraction of sp³-hybridized carbons (Fsp3) is 0.231. The number of benzene rings is 1. The van der Waals surface area contributed by atoms with Crippen molar-refractivity contribution in [2.45, 2.75) is 6.54 Å². The second-order valence-electron chi connectivity index (χ2n) is 4.04. The lowest BCUT2D eigenvalue weighted by atomic mass is 10.2. The van der Waals surface area contributed by atoms with Crippen LogP contribution in [0.3, 0.4) is 0 Å². The van der Waals surface area contributed by atoms with E-state index in [-0.39, 0.29) is 0 Å². The van der Waals surface area contributed by atoms with Gasteiger partial charge in [-0.3, -0.25) is 0 Å². The summed E-state index contributed by atoms with van der Waals surface area (Å²) in [5.41, 5.74) is 0.829. The molecule has 0 saturated carbocycles. The minimum Gasteiger partial charge on any atom is -0.486 e. The lowest BCUT2D eigenvalue weighted by molar-refractivity contribution is 0.171. The largest absolute Gasteiger partial charge is 0.486 e. The van der Waals surface area contributed by atoms with E-state index in [2.05, 4.69) is 5.32 Å². The van der Waals surface area contributed by atoms with Crippen molar-refractivity contribution in [2.75, 3.05) is 18.5 Å². The summed E-state index contributed by atoms with van der Waals surface area (Å²) in [6.45, 7) is 1.80. The molecule has 1 N–H and O–H groups in total. The molecule has 0 amide bonds. The van der Waals surface area contributed by atoms with Gasteiger partial charge >= 0.3 is 0 Å². The molecule has 0 fully saturated rings. The minimum atomic E-state index is 0.559. The van der Waals surface area contributed by atoms with Gasteiger partial charge in [-0.05, 0) is 12.1 Å². The van der Waals surface area contributed by atoms with Crippen LogP contribution in [0.2, 0.25) is 9.36 Å². The van der Waals surface area contributed by atoms with Gasteiger partial charge in [-0.2, -0.15) is 0 Å². The molecule has 2 aromatic rings. The van der Waals surface area contributed by atoms with Crippen LogP contribution in [-0.4, -0.2) is 13.2 Å². The summed E-state index contributed by atoms with van der Waals surface area (Å²) in [5.74, 6) is 1.42. The van der Waals surface area contributed by atoms with Crippen LogP contribution in [-0.2, 0) is 6.54 Å². The van der Waals surface area contributed by atoms with Crippen LogP contribution in [0.4, 0.5) is 5.69 Å². The molecule has 0 unspecified atom stereocenters. The maximum atomic E-state index is 6.21. The third kappa shape index (κ3) is 2.91. The first kappa shape index (κ1) is 12.9. The van der Waals surface area contributed by atoms with Crippen molar-refractivity contribution >= 4 is 40.2 Å². The maximum absolute atomic E-state index is 6.21. The Hall–Kier alpha value is -1.10. The molecule has 0 bridgehead atoms. The van der Waals surface area contributed by atoms with E-state index >= 15 is 0 Å². The van der Waals surface area contributed by atoms with E-state index in [1.165, 1.54) is 0 Å². The van der Waals surface area contributed by atoms with Gasteiger partial charge in [0.25, 0.3) is 0 Å². The van der Waals surface area contributed by atoms with Crippen molar-refractivity contribution in [2.24, 2.45) is 0 Å². The lowest BCUT2D eigenvalue weighted by Gasteiger charge is -2.20. The summed E-state index contributed by atoms with van der Waals surface area (Å²) >= 11 is 13.7. The number of nitrogens with one attached hydrogen (secondary N) is 1. The maximum Gasteiger partial charge on any atom is 0.163 e. The highest BCUT2D eigenvalue weighted by molar-refractivity contribution is 7.16. The third-order valence-corrected chi connectivity index (χ3v) is 4.26. The number of hydrogen-bond donors (Lipinski definition) is 1. The highest BCUT2D eigenvalue weighted by atomic mass is 35.5. The van der Waals surface area contributed by atoms with Gasteiger partial charge in [0.2, 0.25) is 0 Å². The number of rotatable bonds is 3. The number of fused-ring (bicyclic) bond motifs is 1. The van der Waals surface area contributed by atoms with E-state index in [9.17, 15) is 0 Å². The van der Waals surface area contributed by atoms with Crippen LogP contribution in [0.5, 0.6) is 11.5 Å². The Morgan fingerprint density at radius 3 is 2.53 bits per heavy atom. The number of halogens is 2. The summed E-state index contributed by atoms with van der Waals surface area (Å²) in [6, 6.07) is 7.52. The molecule has 1 aliphatic rings. The fourth-order valence-electron chi connectivity index (χ4n) is 1.83. The number of hydrogen-bond acceptors (Lipinski definition) is 4. The van der Waals surface area contributed by atoms with Gasteiger partial charge in [0.05, 0.1) is 15.0 Å². The van der Waals surface area contributed by atoms with Gasteiger partial charge < -0.3 is 14.8 Å². The highest BCUT2D eigenvalue weighted by Gasteiger charge is 2.15. The Morgan fingerprint density at radius 1 is 1.11 bits per heavy atom. The van der Waals surface area contributed by atoms with Crippen LogP contribution in [0.15, 0.2) is 24.3 Å². The van der Waals surface area contributed by atoms with E-state index in [1.54, 1.807) is 17.4 Å². The zero-order chi connectivity index (χ0) is 13.2. The Balaban J connectivity index is 1.77. The average molecular weight is 316 g/mol. The Bertz CT molecular complexity index is 600. The molecule has 100 valence electrons. The molecule has 2 heterocycles. The first-order chi connectivity index (χ1) is 9.22. The average Bonchev–Trinajstić information content (AvgIpc) is 2.82. The molecule has 1 aromatic heterocycles. The number of ether oxygens (including phenoxy) is 2. The fourth-order valence-corrected chi connectivity index (χ4v) is 3.08. The van der Waals surface area contributed by atoms with Crippen molar-refractivity contribution in [1.29, 1.82) is 0 Å². The number of anilines is 1. The molecule has 3 nitrogen and oxygen atoms in total. The summed E-state index contributed by atoms with van der Waals surface area (Å²) in [4.78, 5) is 1.15. The molecule has 19 heavy (non-hydrogen) atoms. The summed E-state index contributed by atoms with van der Waals surface area (Å²) in [5, 5.41) is 3.89. The van der Waals surface area contributed by atoms with Crippen LogP contribution < -0.4 is 14.8 Å². The summed E-state index contributed by atoms with van der Waals surface area (Å²) < 4.78 is 11.8. The SMILES string of the molecule is Clc1ccc(CNc2cc3c(cc2Cl)OCCO3)s1. The molecule has 6 heteroatoms. The third-order valence-electron chi connectivity index (χ3n) is 2.71. The molecule has 0 atom stereocenters. The van der Waals surface area contributed by atoms with E-state index in [1.807, 2.05) is 18.2 Å². The first-order valence-corrected chi connectivity index (χ1v) is 7.37. The Kier molecular flexibility index (Phi) is 3.73. The van der Waals surface area contributed by atoms with Crippen molar-refractivity contribution in [3.8, 4) is 11.5 Å². The zero-order valence-corrected chi connectivity index (χ0v) is 12.2. The second kappa shape index (κ2) is 5.49. The minimum absolute atomic E-state index is 0.559. The molecule has 0 saturated heterocycles. The smallest absolute Gasteiger partial charge is 0.163 e. The predicted octanol–water partition coefficient (Wildman–Crippen LogP) is 4.44. The first-order valence-electron chi connectivity index (χ1n) is 5.79. The lowest BCUT2D eigenvalue weighted by Crippen LogP contribution is -2.15. The van der Waals surface area contributed by atoms with Crippen LogP contribution in [0, 0.1) is 0 Å². The van der Waals surface area contributed by atoms with Gasteiger partial charge in [-0.25, -0.2) is 0 Å². The van der Waals surface area contributed by atoms with Gasteiger partial charge in [0.1, 0.15) is 13.2 Å². The topological polar surface area (TPSA) is 30.5 Å². The van der Waals surface area contributed by atoms with E-state index in [0.29, 0.717) is 30.5 Å². The van der Waals surface area contributed by atoms with E-state index in [0.717, 1.165) is 20.7 Å². The van der Waals surface area contributed by atoms with Crippen LogP contribution in [0.1, 0.15) is 4.88 Å². The predicted molar refractivity (Wildman–Crippen MR) is 79.1 cm³/mol. The molecule has 0 radical (unpaired) electrons. The number of thiophene rings is 1. The van der Waals surface area contributed by atoms with Gasteiger partial charge in [0.15, 0.2) is 11.5 Å². The molecule has 0 spiro atoms. The molecule has 0 aliphatic carbocycles. The Labute approximate surface area is 125 Å². The molecule has 1 aliphatic heterocycles. The second-order valence-corrected chi connectivity index (χ2v) is 6.24. The van der Waals surface area contributed by atoms with Crippen LogP contribution in [0.25, 0.3) is 0 Å². The van der Waals surface area contributed by atoms with Crippen molar-refractivity contribution < 1.29 is 9.47 Å². The molecule has 3 rings (SSSR count). The van der Waals surface area contributed by atoms with E-state index in [4.69, 9.17) is 32.7 Å². The van der Waals surface area contributed by atoms with Gasteiger partial charge in [-0.1, -0.05) is 23.2 Å². The van der Waals surface area contributed by atoms with Gasteiger partial charge in [0, 0.05) is 23.6 Å². The molecular weight excluding hydrogens is 305 g/mol. The molecule has 1 aromatic carbocycles. The van der Waals surface area contributed by atoms with Crippen molar-refractivity contribution in [1.82, 2.24) is 0 Å². The van der Waals surface area contributed by atoms with Gasteiger partial charge in [-0.15, -0.1) is 11.3 Å². The zero-order valence-electron chi connectivity index (χ0n) is 9.91. The molecular formula is C13H11Cl2NO2S. The standard InChI is InChI=1S/C13H11Cl2NO2S/c14-9-5-11-12(18-4-3-17-11)6-10(9)16-7-8-1-2-13(15)19-8/h1-2,5-6,16H,3-4,7H2.